The summed E-state index contributed by atoms with van der Waals surface area (Å²) >= 11 is 0. The molecule has 1 heterocycles. The normalized spacial score (nSPS) is 15.8. The highest BCUT2D eigenvalue weighted by molar-refractivity contribution is 6.05. The molecule has 0 spiro atoms. The van der Waals surface area contributed by atoms with Gasteiger partial charge in [-0.05, 0) is 23.6 Å². The van der Waals surface area contributed by atoms with E-state index in [0.29, 0.717) is 17.9 Å². The molecule has 6 heteroatoms. The Bertz CT molecular complexity index is 1140. The SMILES string of the molecule is COc1ccc(OC)c(C2=NN(C(C)=O)[C@H](c3ccc4ccccc4c3OC)C2)c1. The zero-order valence-electron chi connectivity index (χ0n) is 17.5. The lowest BCUT2D eigenvalue weighted by Crippen LogP contribution is -2.24. The van der Waals surface area contributed by atoms with Crippen LogP contribution in [0.15, 0.2) is 59.7 Å². The van der Waals surface area contributed by atoms with Crippen molar-refractivity contribution in [3.05, 3.63) is 65.7 Å². The van der Waals surface area contributed by atoms with Crippen molar-refractivity contribution < 1.29 is 19.0 Å². The van der Waals surface area contributed by atoms with Gasteiger partial charge in [-0.15, -0.1) is 0 Å². The highest BCUT2D eigenvalue weighted by atomic mass is 16.5. The maximum Gasteiger partial charge on any atom is 0.240 e. The fourth-order valence-corrected chi connectivity index (χ4v) is 4.00. The first-order valence-corrected chi connectivity index (χ1v) is 9.72. The Balaban J connectivity index is 1.81. The molecular weight excluding hydrogens is 380 g/mol. The van der Waals surface area contributed by atoms with E-state index < -0.39 is 0 Å². The fraction of sp³-hybridized carbons (Fsp3) is 0.250. The number of methoxy groups -OCH3 is 3. The summed E-state index contributed by atoms with van der Waals surface area (Å²) in [6.45, 7) is 1.52. The molecule has 0 fully saturated rings. The monoisotopic (exact) mass is 404 g/mol. The summed E-state index contributed by atoms with van der Waals surface area (Å²) in [7, 11) is 4.89. The van der Waals surface area contributed by atoms with Crippen LogP contribution in [0.4, 0.5) is 0 Å². The van der Waals surface area contributed by atoms with Crippen LogP contribution in [0.25, 0.3) is 10.8 Å². The molecule has 0 saturated carbocycles. The standard InChI is InChI=1S/C24H24N2O4/c1-15(27)26-22(19-11-9-16-7-5-6-8-18(16)24(19)30-4)14-21(25-26)20-13-17(28-2)10-12-23(20)29-3/h5-13,22H,14H2,1-4H3/t22-/m0/s1. The third-order valence-electron chi connectivity index (χ3n) is 5.42. The minimum atomic E-state index is -0.270. The van der Waals surface area contributed by atoms with E-state index in [1.807, 2.05) is 48.5 Å². The number of hydrogen-bond donors (Lipinski definition) is 0. The predicted octanol–water partition coefficient (Wildman–Crippen LogP) is 4.56. The van der Waals surface area contributed by atoms with Crippen LogP contribution in [0.3, 0.4) is 0 Å². The van der Waals surface area contributed by atoms with Gasteiger partial charge in [-0.2, -0.15) is 5.10 Å². The number of hydrazone groups is 1. The number of amides is 1. The van der Waals surface area contributed by atoms with Gasteiger partial charge in [0.15, 0.2) is 0 Å². The van der Waals surface area contributed by atoms with E-state index in [9.17, 15) is 4.79 Å². The minimum Gasteiger partial charge on any atom is -0.497 e. The highest BCUT2D eigenvalue weighted by Crippen LogP contribution is 2.42. The molecule has 0 aliphatic carbocycles. The van der Waals surface area contributed by atoms with Gasteiger partial charge in [0, 0.05) is 29.9 Å². The summed E-state index contributed by atoms with van der Waals surface area (Å²) in [6, 6.07) is 17.4. The first-order chi connectivity index (χ1) is 14.6. The molecule has 0 aromatic heterocycles. The zero-order chi connectivity index (χ0) is 21.3. The molecule has 1 aliphatic heterocycles. The van der Waals surface area contributed by atoms with Gasteiger partial charge in [0.25, 0.3) is 0 Å². The summed E-state index contributed by atoms with van der Waals surface area (Å²) < 4.78 is 16.7. The second-order valence-corrected chi connectivity index (χ2v) is 7.11. The van der Waals surface area contributed by atoms with Crippen LogP contribution in [-0.2, 0) is 4.79 Å². The number of hydrogen-bond acceptors (Lipinski definition) is 5. The maximum absolute atomic E-state index is 12.5. The number of benzene rings is 3. The molecule has 3 aromatic carbocycles. The molecule has 1 aliphatic rings. The molecule has 4 rings (SSSR count). The Morgan fingerprint density at radius 1 is 1.00 bits per heavy atom. The van der Waals surface area contributed by atoms with Crippen molar-refractivity contribution in [3.8, 4) is 17.2 Å². The Morgan fingerprint density at radius 2 is 1.80 bits per heavy atom. The number of rotatable bonds is 5. The molecule has 0 N–H and O–H groups in total. The summed E-state index contributed by atoms with van der Waals surface area (Å²) in [5.74, 6) is 2.02. The number of nitrogens with zero attached hydrogens (tertiary/aromatic N) is 2. The lowest BCUT2D eigenvalue weighted by Gasteiger charge is -2.23. The zero-order valence-corrected chi connectivity index (χ0v) is 17.5. The van der Waals surface area contributed by atoms with E-state index in [2.05, 4.69) is 11.2 Å². The molecule has 30 heavy (non-hydrogen) atoms. The van der Waals surface area contributed by atoms with E-state index in [0.717, 1.165) is 33.4 Å². The van der Waals surface area contributed by atoms with E-state index in [1.54, 1.807) is 21.3 Å². The third kappa shape index (κ3) is 3.34. The summed E-state index contributed by atoms with van der Waals surface area (Å²) in [6.07, 6.45) is 0.539. The second-order valence-electron chi connectivity index (χ2n) is 7.11. The van der Waals surface area contributed by atoms with E-state index in [4.69, 9.17) is 14.2 Å². The number of ether oxygens (including phenoxy) is 3. The Hall–Kier alpha value is -3.54. The van der Waals surface area contributed by atoms with Crippen LogP contribution in [0, 0.1) is 0 Å². The predicted molar refractivity (Wildman–Crippen MR) is 116 cm³/mol. The molecule has 3 aromatic rings. The topological polar surface area (TPSA) is 60.4 Å². The van der Waals surface area contributed by atoms with Gasteiger partial charge in [0.05, 0.1) is 33.1 Å². The van der Waals surface area contributed by atoms with Crippen LogP contribution >= 0.6 is 0 Å². The maximum atomic E-state index is 12.5. The molecule has 1 amide bonds. The first kappa shape index (κ1) is 19.8. The lowest BCUT2D eigenvalue weighted by atomic mass is 9.94. The molecule has 0 bridgehead atoms. The van der Waals surface area contributed by atoms with E-state index in [-0.39, 0.29) is 11.9 Å². The van der Waals surface area contributed by atoms with Gasteiger partial charge in [0.2, 0.25) is 5.91 Å². The van der Waals surface area contributed by atoms with Gasteiger partial charge >= 0.3 is 0 Å². The average molecular weight is 404 g/mol. The molecule has 0 saturated heterocycles. The minimum absolute atomic E-state index is 0.132. The highest BCUT2D eigenvalue weighted by Gasteiger charge is 2.34. The van der Waals surface area contributed by atoms with Crippen LogP contribution in [0.1, 0.15) is 30.5 Å². The van der Waals surface area contributed by atoms with Gasteiger partial charge < -0.3 is 14.2 Å². The van der Waals surface area contributed by atoms with Crippen molar-refractivity contribution in [2.24, 2.45) is 5.10 Å². The molecular formula is C24H24N2O4. The summed E-state index contributed by atoms with van der Waals surface area (Å²) in [5.41, 5.74) is 2.50. The lowest BCUT2D eigenvalue weighted by molar-refractivity contribution is -0.130. The Labute approximate surface area is 175 Å². The van der Waals surface area contributed by atoms with Crippen molar-refractivity contribution in [2.45, 2.75) is 19.4 Å². The number of carbonyl (C=O) groups is 1. The van der Waals surface area contributed by atoms with Gasteiger partial charge in [-0.25, -0.2) is 5.01 Å². The van der Waals surface area contributed by atoms with Crippen molar-refractivity contribution >= 4 is 22.4 Å². The quantitative estimate of drug-likeness (QED) is 0.625. The van der Waals surface area contributed by atoms with Gasteiger partial charge in [0.1, 0.15) is 17.2 Å². The Kier molecular flexibility index (Phi) is 5.31. The van der Waals surface area contributed by atoms with Crippen LogP contribution in [0.5, 0.6) is 17.2 Å². The van der Waals surface area contributed by atoms with Crippen LogP contribution in [0.2, 0.25) is 0 Å². The van der Waals surface area contributed by atoms with E-state index >= 15 is 0 Å². The summed E-state index contributed by atoms with van der Waals surface area (Å²) in [4.78, 5) is 12.5. The molecule has 1 atom stereocenters. The Morgan fingerprint density at radius 3 is 2.50 bits per heavy atom. The third-order valence-corrected chi connectivity index (χ3v) is 5.42. The molecule has 6 nitrogen and oxygen atoms in total. The first-order valence-electron chi connectivity index (χ1n) is 9.72. The number of fused-ring (bicyclic) bond motifs is 1. The van der Waals surface area contributed by atoms with Crippen molar-refractivity contribution in [2.75, 3.05) is 21.3 Å². The summed E-state index contributed by atoms with van der Waals surface area (Å²) in [5, 5.41) is 8.29. The van der Waals surface area contributed by atoms with Gasteiger partial charge in [-0.3, -0.25) is 4.79 Å². The smallest absolute Gasteiger partial charge is 0.240 e. The van der Waals surface area contributed by atoms with Crippen molar-refractivity contribution in [1.29, 1.82) is 0 Å². The van der Waals surface area contributed by atoms with E-state index in [1.165, 1.54) is 11.9 Å². The fourth-order valence-electron chi connectivity index (χ4n) is 4.00. The molecule has 0 radical (unpaired) electrons. The van der Waals surface area contributed by atoms with Crippen molar-refractivity contribution in [1.82, 2.24) is 5.01 Å². The number of carbonyl (C=O) groups excluding carboxylic acids is 1. The van der Waals surface area contributed by atoms with Crippen molar-refractivity contribution in [3.63, 3.8) is 0 Å². The van der Waals surface area contributed by atoms with Crippen LogP contribution in [-0.4, -0.2) is 38.0 Å². The second kappa shape index (κ2) is 8.06. The largest absolute Gasteiger partial charge is 0.497 e. The van der Waals surface area contributed by atoms with Crippen LogP contribution < -0.4 is 14.2 Å². The molecule has 154 valence electrons. The average Bonchev–Trinajstić information content (AvgIpc) is 3.23. The van der Waals surface area contributed by atoms with Gasteiger partial charge in [-0.1, -0.05) is 36.4 Å². The molecule has 0 unspecified atom stereocenters.